The fourth-order valence-electron chi connectivity index (χ4n) is 6.26. The Balaban J connectivity index is 1.15. The molecule has 10 nitrogen and oxygen atoms in total. The molecule has 2 amide bonds. The number of H-pyrrole nitrogens is 2. The minimum absolute atomic E-state index is 0.0135. The molecule has 10 heteroatoms. The number of carbonyl (C=O) groups is 2. The van der Waals surface area contributed by atoms with Gasteiger partial charge in [0.25, 0.3) is 0 Å². The Hall–Kier alpha value is -4.28. The summed E-state index contributed by atoms with van der Waals surface area (Å²) in [6, 6.07) is 14.2. The van der Waals surface area contributed by atoms with Gasteiger partial charge in [0.15, 0.2) is 5.82 Å². The van der Waals surface area contributed by atoms with E-state index in [1.165, 1.54) is 0 Å². The highest BCUT2D eigenvalue weighted by atomic mass is 16.5. The topological polar surface area (TPSA) is 119 Å². The molecular formula is C35H43N7O3. The van der Waals surface area contributed by atoms with Gasteiger partial charge in [0.2, 0.25) is 11.8 Å². The second kappa shape index (κ2) is 13.4. The standard InChI is InChI=1S/C35H43N7O3/c1-5-22(2)35(44)42-18-7-8-30(42)33-36-21-29(37-33)25-12-10-24(11-13-25)26-14-15-28-27(20-26)32(40-39-28)38-34(43)31-9-6-17-41(31)19-16-23(3)45-4/h7,10-15,18,20-23,30-31H,5-6,8-9,16-17,19H2,1-4H3,(H,36,37)(H2,38,39,40,43)/t22-,23+,30-,31-/m0/s1. The first-order valence-electron chi connectivity index (χ1n) is 16.1. The third-order valence-corrected chi connectivity index (χ3v) is 9.39. The summed E-state index contributed by atoms with van der Waals surface area (Å²) in [5.41, 5.74) is 4.88. The maximum atomic E-state index is 13.3. The van der Waals surface area contributed by atoms with Crippen LogP contribution in [0.2, 0.25) is 0 Å². The van der Waals surface area contributed by atoms with E-state index in [1.807, 2.05) is 43.3 Å². The van der Waals surface area contributed by atoms with E-state index >= 15 is 0 Å². The number of hydrogen-bond acceptors (Lipinski definition) is 6. The molecule has 1 saturated heterocycles. The van der Waals surface area contributed by atoms with Crippen LogP contribution >= 0.6 is 0 Å². The Bertz CT molecular complexity index is 1670. The maximum absolute atomic E-state index is 13.3. The van der Waals surface area contributed by atoms with Crippen molar-refractivity contribution in [2.24, 2.45) is 5.92 Å². The largest absolute Gasteiger partial charge is 0.382 e. The van der Waals surface area contributed by atoms with Gasteiger partial charge in [-0.25, -0.2) is 4.98 Å². The van der Waals surface area contributed by atoms with E-state index in [2.05, 4.69) is 73.7 Å². The molecule has 2 aromatic carbocycles. The van der Waals surface area contributed by atoms with Crippen molar-refractivity contribution in [2.45, 2.75) is 71.1 Å². The maximum Gasteiger partial charge on any atom is 0.242 e. The molecule has 2 aliphatic heterocycles. The SMILES string of the molecule is CC[C@H](C)C(=O)N1C=CC[C@H]1c1ncc(-c2ccc(-c3ccc4[nH]nc(NC(=O)[C@@H]5CCCN5CC[C@@H](C)OC)c4c3)cc2)[nH]1. The Labute approximate surface area is 264 Å². The highest BCUT2D eigenvalue weighted by molar-refractivity contribution is 6.02. The van der Waals surface area contributed by atoms with Gasteiger partial charge in [0.1, 0.15) is 5.82 Å². The first-order valence-corrected chi connectivity index (χ1v) is 16.1. The van der Waals surface area contributed by atoms with E-state index in [1.54, 1.807) is 7.11 Å². The van der Waals surface area contributed by atoms with Crippen molar-refractivity contribution >= 4 is 28.5 Å². The molecule has 4 atom stereocenters. The second-order valence-electron chi connectivity index (χ2n) is 12.3. The van der Waals surface area contributed by atoms with Gasteiger partial charge < -0.3 is 19.9 Å². The number of aromatic amines is 2. The number of carbonyl (C=O) groups excluding carboxylic acids is 2. The number of nitrogens with zero attached hydrogens (tertiary/aromatic N) is 4. The lowest BCUT2D eigenvalue weighted by Crippen LogP contribution is -2.40. The summed E-state index contributed by atoms with van der Waals surface area (Å²) >= 11 is 0. The Morgan fingerprint density at radius 3 is 2.67 bits per heavy atom. The lowest BCUT2D eigenvalue weighted by molar-refractivity contribution is -0.134. The number of likely N-dealkylation sites (tertiary alicyclic amines) is 1. The van der Waals surface area contributed by atoms with E-state index in [9.17, 15) is 9.59 Å². The Morgan fingerprint density at radius 1 is 1.11 bits per heavy atom. The van der Waals surface area contributed by atoms with E-state index in [-0.39, 0.29) is 35.9 Å². The van der Waals surface area contributed by atoms with Gasteiger partial charge in [-0.1, -0.05) is 50.3 Å². The number of hydrogen-bond donors (Lipinski definition) is 3. The fourth-order valence-corrected chi connectivity index (χ4v) is 6.26. The number of nitrogens with one attached hydrogen (secondary N) is 3. The van der Waals surface area contributed by atoms with Crippen molar-refractivity contribution in [3.8, 4) is 22.4 Å². The van der Waals surface area contributed by atoms with E-state index in [4.69, 9.17) is 4.74 Å². The van der Waals surface area contributed by atoms with Crippen molar-refractivity contribution in [2.75, 3.05) is 25.5 Å². The summed E-state index contributed by atoms with van der Waals surface area (Å²) < 4.78 is 5.40. The number of fused-ring (bicyclic) bond motifs is 1. The average Bonchev–Trinajstić information content (AvgIpc) is 3.89. The van der Waals surface area contributed by atoms with E-state index in [0.717, 1.165) is 84.3 Å². The van der Waals surface area contributed by atoms with Crippen LogP contribution in [-0.2, 0) is 14.3 Å². The minimum atomic E-state index is -0.159. The number of benzene rings is 2. The lowest BCUT2D eigenvalue weighted by Gasteiger charge is -2.24. The molecule has 6 rings (SSSR count). The van der Waals surface area contributed by atoms with Crippen LogP contribution in [0, 0.1) is 5.92 Å². The van der Waals surface area contributed by atoms with Crippen molar-refractivity contribution in [1.82, 2.24) is 30.0 Å². The van der Waals surface area contributed by atoms with Crippen molar-refractivity contribution in [1.29, 1.82) is 0 Å². The average molecular weight is 610 g/mol. The molecule has 2 aromatic heterocycles. The molecule has 0 unspecified atom stereocenters. The highest BCUT2D eigenvalue weighted by Gasteiger charge is 2.32. The quantitative estimate of drug-likeness (QED) is 0.184. The molecule has 0 radical (unpaired) electrons. The Kier molecular flexibility index (Phi) is 9.14. The fraction of sp³-hybridized carbons (Fsp3) is 0.429. The number of imidazole rings is 1. The molecule has 0 bridgehead atoms. The van der Waals surface area contributed by atoms with Crippen LogP contribution in [0.1, 0.15) is 64.7 Å². The number of aromatic nitrogens is 4. The predicted octanol–water partition coefficient (Wildman–Crippen LogP) is 6.28. The molecule has 1 fully saturated rings. The monoisotopic (exact) mass is 609 g/mol. The molecule has 2 aliphatic rings. The zero-order chi connectivity index (χ0) is 31.5. The van der Waals surface area contributed by atoms with Gasteiger partial charge in [0.05, 0.1) is 35.6 Å². The number of amides is 2. The van der Waals surface area contributed by atoms with Gasteiger partial charge in [-0.3, -0.25) is 19.6 Å². The summed E-state index contributed by atoms with van der Waals surface area (Å²) in [4.78, 5) is 38.4. The van der Waals surface area contributed by atoms with Crippen LogP contribution in [-0.4, -0.2) is 74.1 Å². The molecule has 236 valence electrons. The molecule has 4 aromatic rings. The van der Waals surface area contributed by atoms with Gasteiger partial charge in [0, 0.05) is 31.2 Å². The summed E-state index contributed by atoms with van der Waals surface area (Å²) in [5, 5.41) is 11.5. The first kappa shape index (κ1) is 30.7. The summed E-state index contributed by atoms with van der Waals surface area (Å²) in [6.45, 7) is 7.82. The molecule has 45 heavy (non-hydrogen) atoms. The summed E-state index contributed by atoms with van der Waals surface area (Å²) in [7, 11) is 1.72. The first-order chi connectivity index (χ1) is 21.9. The van der Waals surface area contributed by atoms with Crippen LogP contribution in [0.15, 0.2) is 60.9 Å². The van der Waals surface area contributed by atoms with Crippen molar-refractivity contribution < 1.29 is 14.3 Å². The third kappa shape index (κ3) is 6.43. The number of rotatable bonds is 11. The zero-order valence-corrected chi connectivity index (χ0v) is 26.5. The van der Waals surface area contributed by atoms with Crippen LogP contribution in [0.4, 0.5) is 5.82 Å². The van der Waals surface area contributed by atoms with Crippen LogP contribution in [0.3, 0.4) is 0 Å². The molecule has 0 aliphatic carbocycles. The molecule has 4 heterocycles. The highest BCUT2D eigenvalue weighted by Crippen LogP contribution is 2.33. The summed E-state index contributed by atoms with van der Waals surface area (Å²) in [5.74, 6) is 1.44. The zero-order valence-electron chi connectivity index (χ0n) is 26.5. The predicted molar refractivity (Wildman–Crippen MR) is 176 cm³/mol. The number of anilines is 1. The van der Waals surface area contributed by atoms with Crippen molar-refractivity contribution in [3.05, 3.63) is 66.8 Å². The molecule has 3 N–H and O–H groups in total. The number of methoxy groups -OCH3 is 1. The lowest BCUT2D eigenvalue weighted by atomic mass is 10.0. The normalized spacial score (nSPS) is 19.8. The van der Waals surface area contributed by atoms with Crippen LogP contribution in [0.5, 0.6) is 0 Å². The molecular weight excluding hydrogens is 566 g/mol. The second-order valence-corrected chi connectivity index (χ2v) is 12.3. The molecule has 0 spiro atoms. The summed E-state index contributed by atoms with van der Waals surface area (Å²) in [6.07, 6.45) is 10.2. The van der Waals surface area contributed by atoms with Crippen LogP contribution < -0.4 is 5.32 Å². The number of ether oxygens (including phenoxy) is 1. The third-order valence-electron chi connectivity index (χ3n) is 9.39. The smallest absolute Gasteiger partial charge is 0.242 e. The van der Waals surface area contributed by atoms with E-state index in [0.29, 0.717) is 5.82 Å². The minimum Gasteiger partial charge on any atom is -0.382 e. The van der Waals surface area contributed by atoms with Gasteiger partial charge >= 0.3 is 0 Å². The van der Waals surface area contributed by atoms with Gasteiger partial charge in [-0.15, -0.1) is 0 Å². The van der Waals surface area contributed by atoms with Gasteiger partial charge in [-0.05, 0) is 74.4 Å². The van der Waals surface area contributed by atoms with Crippen LogP contribution in [0.25, 0.3) is 33.3 Å². The van der Waals surface area contributed by atoms with E-state index < -0.39 is 0 Å². The molecule has 0 saturated carbocycles. The Morgan fingerprint density at radius 2 is 1.89 bits per heavy atom. The van der Waals surface area contributed by atoms with Crippen molar-refractivity contribution in [3.63, 3.8) is 0 Å². The van der Waals surface area contributed by atoms with Gasteiger partial charge in [-0.2, -0.15) is 5.10 Å².